The minimum absolute atomic E-state index is 0.613. The highest BCUT2D eigenvalue weighted by molar-refractivity contribution is 5.85. The predicted molar refractivity (Wildman–Crippen MR) is 123 cm³/mol. The molecule has 0 saturated carbocycles. The maximum atomic E-state index is 9.05. The van der Waals surface area contributed by atoms with Crippen LogP contribution in [0.25, 0.3) is 32.9 Å². The first-order valence-corrected chi connectivity index (χ1v) is 10.0. The van der Waals surface area contributed by atoms with Gasteiger partial charge < -0.3 is 5.32 Å². The maximum absolute atomic E-state index is 9.05. The van der Waals surface area contributed by atoms with Crippen LogP contribution in [0.5, 0.6) is 0 Å². The zero-order valence-electron chi connectivity index (χ0n) is 17.0. The van der Waals surface area contributed by atoms with Crippen molar-refractivity contribution >= 4 is 27.6 Å². The van der Waals surface area contributed by atoms with Crippen molar-refractivity contribution in [3.05, 3.63) is 95.9 Å². The van der Waals surface area contributed by atoms with E-state index < -0.39 is 0 Å². The second-order valence-electron chi connectivity index (χ2n) is 7.46. The lowest BCUT2D eigenvalue weighted by Gasteiger charge is -2.13. The lowest BCUT2D eigenvalue weighted by atomic mass is 10.00. The Bertz CT molecular complexity index is 1470. The van der Waals surface area contributed by atoms with E-state index in [-0.39, 0.29) is 0 Å². The van der Waals surface area contributed by atoms with Gasteiger partial charge in [-0.3, -0.25) is 9.97 Å². The van der Waals surface area contributed by atoms with Crippen LogP contribution in [-0.4, -0.2) is 15.0 Å². The van der Waals surface area contributed by atoms with Gasteiger partial charge >= 0.3 is 0 Å². The van der Waals surface area contributed by atoms with Crippen LogP contribution >= 0.6 is 0 Å². The van der Waals surface area contributed by atoms with Gasteiger partial charge in [-0.05, 0) is 71.6 Å². The third kappa shape index (κ3) is 3.67. The molecule has 31 heavy (non-hydrogen) atoms. The highest BCUT2D eigenvalue weighted by Gasteiger charge is 2.09. The zero-order chi connectivity index (χ0) is 21.2. The van der Waals surface area contributed by atoms with Crippen molar-refractivity contribution in [2.45, 2.75) is 13.5 Å². The predicted octanol–water partition coefficient (Wildman–Crippen LogP) is 5.64. The number of aromatic nitrogens is 3. The van der Waals surface area contributed by atoms with Crippen LogP contribution in [0.15, 0.2) is 79.3 Å². The van der Waals surface area contributed by atoms with Gasteiger partial charge in [0.05, 0.1) is 22.7 Å². The summed E-state index contributed by atoms with van der Waals surface area (Å²) in [7, 11) is 0. The molecule has 5 heteroatoms. The summed E-state index contributed by atoms with van der Waals surface area (Å²) in [6, 6.07) is 22.2. The van der Waals surface area contributed by atoms with E-state index in [1.54, 1.807) is 6.07 Å². The van der Waals surface area contributed by atoms with E-state index in [2.05, 4.69) is 63.6 Å². The molecule has 3 aromatic heterocycles. The van der Waals surface area contributed by atoms with Gasteiger partial charge in [0.25, 0.3) is 0 Å². The number of fused-ring (bicyclic) bond motifs is 2. The summed E-state index contributed by atoms with van der Waals surface area (Å²) in [6.07, 6.45) is 5.48. The molecule has 1 N–H and O–H groups in total. The number of pyridine rings is 3. The molecule has 5 rings (SSSR count). The van der Waals surface area contributed by atoms with Gasteiger partial charge in [0.1, 0.15) is 5.82 Å². The van der Waals surface area contributed by atoms with Crippen LogP contribution in [0.4, 0.5) is 5.82 Å². The lowest BCUT2D eigenvalue weighted by Crippen LogP contribution is -2.04. The van der Waals surface area contributed by atoms with Gasteiger partial charge in [-0.25, -0.2) is 4.98 Å². The molecule has 148 valence electrons. The normalized spacial score (nSPS) is 10.8. The summed E-state index contributed by atoms with van der Waals surface area (Å²) in [5.74, 6) is 0.851. The molecule has 0 atom stereocenters. The van der Waals surface area contributed by atoms with E-state index in [1.165, 1.54) is 0 Å². The zero-order valence-corrected chi connectivity index (χ0v) is 17.0. The van der Waals surface area contributed by atoms with E-state index in [4.69, 9.17) is 5.26 Å². The Balaban J connectivity index is 1.41. The highest BCUT2D eigenvalue weighted by atomic mass is 15.0. The summed E-state index contributed by atoms with van der Waals surface area (Å²) >= 11 is 0. The Morgan fingerprint density at radius 2 is 1.77 bits per heavy atom. The molecular weight excluding hydrogens is 382 g/mol. The first kappa shape index (κ1) is 18.7. The molecule has 0 fully saturated rings. The smallest absolute Gasteiger partial charge is 0.129 e. The average Bonchev–Trinajstić information content (AvgIpc) is 2.82. The lowest BCUT2D eigenvalue weighted by molar-refractivity contribution is 1.09. The third-order valence-electron chi connectivity index (χ3n) is 5.45. The molecule has 0 unspecified atom stereocenters. The summed E-state index contributed by atoms with van der Waals surface area (Å²) in [5, 5.41) is 14.6. The Morgan fingerprint density at radius 3 is 2.68 bits per heavy atom. The summed E-state index contributed by atoms with van der Waals surface area (Å²) < 4.78 is 0. The summed E-state index contributed by atoms with van der Waals surface area (Å²) in [4.78, 5) is 13.5. The van der Waals surface area contributed by atoms with Crippen LogP contribution in [-0.2, 0) is 6.54 Å². The Kier molecular flexibility index (Phi) is 4.74. The second-order valence-corrected chi connectivity index (χ2v) is 7.46. The number of rotatable bonds is 4. The highest BCUT2D eigenvalue weighted by Crippen LogP contribution is 2.29. The van der Waals surface area contributed by atoms with Crippen molar-refractivity contribution in [3.8, 4) is 17.2 Å². The van der Waals surface area contributed by atoms with Crippen molar-refractivity contribution in [2.75, 3.05) is 5.32 Å². The third-order valence-corrected chi connectivity index (χ3v) is 5.45. The average molecular weight is 401 g/mol. The molecule has 0 aliphatic heterocycles. The van der Waals surface area contributed by atoms with E-state index in [1.807, 2.05) is 42.9 Å². The van der Waals surface area contributed by atoms with E-state index in [9.17, 15) is 0 Å². The molecule has 3 heterocycles. The standard InChI is InChI=1S/C26H19N5/c1-17-23(20-6-7-24-21(13-20)3-2-9-28-24)8-10-29-26(17)31-16-19-11-22-5-4-18(14-27)12-25(22)30-15-19/h2-13,15H,16H2,1H3,(H,29,31). The van der Waals surface area contributed by atoms with Crippen molar-refractivity contribution in [3.63, 3.8) is 0 Å². The van der Waals surface area contributed by atoms with Gasteiger partial charge in [0.2, 0.25) is 0 Å². The molecule has 0 aliphatic rings. The van der Waals surface area contributed by atoms with Crippen LogP contribution in [0, 0.1) is 18.3 Å². The molecule has 0 radical (unpaired) electrons. The van der Waals surface area contributed by atoms with Crippen molar-refractivity contribution < 1.29 is 0 Å². The molecule has 0 aliphatic carbocycles. The Labute approximate surface area is 180 Å². The molecule has 0 bridgehead atoms. The molecule has 5 nitrogen and oxygen atoms in total. The topological polar surface area (TPSA) is 74.5 Å². The van der Waals surface area contributed by atoms with Gasteiger partial charge in [-0.2, -0.15) is 5.26 Å². The minimum Gasteiger partial charge on any atom is -0.366 e. The second kappa shape index (κ2) is 7.85. The van der Waals surface area contributed by atoms with Crippen molar-refractivity contribution in [1.29, 1.82) is 5.26 Å². The van der Waals surface area contributed by atoms with Crippen LogP contribution in [0.1, 0.15) is 16.7 Å². The molecule has 2 aromatic carbocycles. The Morgan fingerprint density at radius 1 is 0.871 bits per heavy atom. The number of anilines is 1. The van der Waals surface area contributed by atoms with Crippen LogP contribution < -0.4 is 5.32 Å². The first-order valence-electron chi connectivity index (χ1n) is 10.0. The van der Waals surface area contributed by atoms with E-state index in [0.717, 1.165) is 49.9 Å². The van der Waals surface area contributed by atoms with Crippen molar-refractivity contribution in [2.24, 2.45) is 0 Å². The molecule has 0 spiro atoms. The number of nitrogens with zero attached hydrogens (tertiary/aromatic N) is 4. The van der Waals surface area contributed by atoms with E-state index >= 15 is 0 Å². The van der Waals surface area contributed by atoms with Gasteiger partial charge in [-0.15, -0.1) is 0 Å². The number of hydrogen-bond donors (Lipinski definition) is 1. The monoisotopic (exact) mass is 401 g/mol. The number of hydrogen-bond acceptors (Lipinski definition) is 5. The van der Waals surface area contributed by atoms with Gasteiger partial charge in [-0.1, -0.05) is 18.2 Å². The molecule has 5 aromatic rings. The van der Waals surface area contributed by atoms with Crippen LogP contribution in [0.2, 0.25) is 0 Å². The molecule has 0 amide bonds. The number of nitriles is 1. The Hall–Kier alpha value is -4.30. The van der Waals surface area contributed by atoms with E-state index in [0.29, 0.717) is 12.1 Å². The minimum atomic E-state index is 0.613. The molecular formula is C26H19N5. The SMILES string of the molecule is Cc1c(-c2ccc3ncccc3c2)ccnc1NCc1cnc2cc(C#N)ccc2c1. The fourth-order valence-corrected chi connectivity index (χ4v) is 3.79. The van der Waals surface area contributed by atoms with Gasteiger partial charge in [0.15, 0.2) is 0 Å². The maximum Gasteiger partial charge on any atom is 0.129 e. The molecule has 0 saturated heterocycles. The fourth-order valence-electron chi connectivity index (χ4n) is 3.79. The first-order chi connectivity index (χ1) is 15.2. The summed E-state index contributed by atoms with van der Waals surface area (Å²) in [6.45, 7) is 2.70. The quantitative estimate of drug-likeness (QED) is 0.422. The van der Waals surface area contributed by atoms with Gasteiger partial charge in [0, 0.05) is 35.9 Å². The van der Waals surface area contributed by atoms with Crippen molar-refractivity contribution in [1.82, 2.24) is 15.0 Å². The fraction of sp³-hybridized carbons (Fsp3) is 0.0769. The number of nitrogens with one attached hydrogen (secondary N) is 1. The number of benzene rings is 2. The largest absolute Gasteiger partial charge is 0.366 e. The summed E-state index contributed by atoms with van der Waals surface area (Å²) in [5.41, 5.74) is 6.87. The van der Waals surface area contributed by atoms with Crippen LogP contribution in [0.3, 0.4) is 0 Å².